The van der Waals surface area contributed by atoms with Crippen LogP contribution in [0.15, 0.2) is 12.1 Å². The van der Waals surface area contributed by atoms with Gasteiger partial charge in [0.05, 0.1) is 5.56 Å². The summed E-state index contributed by atoms with van der Waals surface area (Å²) < 4.78 is 0. The average molecular weight is 263 g/mol. The highest BCUT2D eigenvalue weighted by Gasteiger charge is 2.24. The molecular weight excluding hydrogens is 246 g/mol. The maximum Gasteiger partial charge on any atom is 0.335 e. The van der Waals surface area contributed by atoms with E-state index in [9.17, 15) is 9.59 Å². The summed E-state index contributed by atoms with van der Waals surface area (Å²) in [6.45, 7) is 3.11. The van der Waals surface area contributed by atoms with E-state index in [2.05, 4.69) is 4.98 Å². The van der Waals surface area contributed by atoms with Crippen LogP contribution in [0, 0.1) is 12.8 Å². The Morgan fingerprint density at radius 1 is 1.37 bits per heavy atom. The van der Waals surface area contributed by atoms with Crippen molar-refractivity contribution in [3.63, 3.8) is 0 Å². The Hall–Kier alpha value is -2.11. The van der Waals surface area contributed by atoms with Crippen LogP contribution in [0.25, 0.3) is 0 Å². The first-order chi connectivity index (χ1) is 8.97. The molecule has 0 aromatic carbocycles. The van der Waals surface area contributed by atoms with Gasteiger partial charge in [-0.1, -0.05) is 0 Å². The number of piperidine rings is 1. The molecule has 6 nitrogen and oxygen atoms in total. The molecular formula is C13H17N3O3. The molecule has 1 saturated heterocycles. The molecule has 1 fully saturated rings. The average Bonchev–Trinajstić information content (AvgIpc) is 2.38. The fraction of sp³-hybridized carbons (Fsp3) is 0.462. The van der Waals surface area contributed by atoms with Gasteiger partial charge in [-0.3, -0.25) is 4.79 Å². The van der Waals surface area contributed by atoms with Crippen molar-refractivity contribution in [2.45, 2.75) is 19.8 Å². The van der Waals surface area contributed by atoms with Crippen molar-refractivity contribution in [2.24, 2.45) is 11.7 Å². The molecule has 1 aromatic rings. The number of carboxylic acid groups (broad SMARTS) is 1. The van der Waals surface area contributed by atoms with Crippen LogP contribution >= 0.6 is 0 Å². The van der Waals surface area contributed by atoms with Gasteiger partial charge in [-0.15, -0.1) is 0 Å². The molecule has 19 heavy (non-hydrogen) atoms. The number of carboxylic acids is 1. The third kappa shape index (κ3) is 3.01. The minimum Gasteiger partial charge on any atom is -0.478 e. The summed E-state index contributed by atoms with van der Waals surface area (Å²) in [7, 11) is 0. The van der Waals surface area contributed by atoms with Crippen LogP contribution < -0.4 is 10.6 Å². The number of amides is 1. The van der Waals surface area contributed by atoms with Gasteiger partial charge in [0.2, 0.25) is 5.91 Å². The normalized spacial score (nSPS) is 16.4. The number of rotatable bonds is 3. The van der Waals surface area contributed by atoms with Gasteiger partial charge in [-0.25, -0.2) is 9.78 Å². The third-order valence-corrected chi connectivity index (χ3v) is 3.41. The molecule has 0 bridgehead atoms. The Morgan fingerprint density at radius 3 is 2.53 bits per heavy atom. The van der Waals surface area contributed by atoms with Crippen LogP contribution in [-0.2, 0) is 4.79 Å². The fourth-order valence-corrected chi connectivity index (χ4v) is 2.33. The highest BCUT2D eigenvalue weighted by molar-refractivity contribution is 5.88. The Morgan fingerprint density at radius 2 is 2.00 bits per heavy atom. The van der Waals surface area contributed by atoms with E-state index in [-0.39, 0.29) is 17.4 Å². The molecule has 0 saturated carbocycles. The number of hydrogen-bond acceptors (Lipinski definition) is 4. The van der Waals surface area contributed by atoms with E-state index in [4.69, 9.17) is 10.8 Å². The van der Waals surface area contributed by atoms with Crippen LogP contribution in [0.3, 0.4) is 0 Å². The number of hydrogen-bond donors (Lipinski definition) is 2. The smallest absolute Gasteiger partial charge is 0.335 e. The minimum absolute atomic E-state index is 0.0833. The van der Waals surface area contributed by atoms with Crippen LogP contribution in [0.4, 0.5) is 5.82 Å². The number of aromatic nitrogens is 1. The Balaban J connectivity index is 2.15. The zero-order chi connectivity index (χ0) is 14.0. The van der Waals surface area contributed by atoms with Crippen molar-refractivity contribution in [2.75, 3.05) is 18.0 Å². The number of nitrogens with zero attached hydrogens (tertiary/aromatic N) is 2. The number of carbonyl (C=O) groups is 2. The van der Waals surface area contributed by atoms with Gasteiger partial charge in [0.25, 0.3) is 0 Å². The molecule has 0 unspecified atom stereocenters. The molecule has 3 N–H and O–H groups in total. The van der Waals surface area contributed by atoms with Crippen molar-refractivity contribution in [3.8, 4) is 0 Å². The summed E-state index contributed by atoms with van der Waals surface area (Å²) in [5, 5.41) is 9.04. The second kappa shape index (κ2) is 5.26. The lowest BCUT2D eigenvalue weighted by molar-refractivity contribution is -0.122. The first-order valence-electron chi connectivity index (χ1n) is 6.23. The van der Waals surface area contributed by atoms with E-state index in [1.807, 2.05) is 4.90 Å². The van der Waals surface area contributed by atoms with E-state index in [0.717, 1.165) is 0 Å². The number of carbonyl (C=O) groups excluding carboxylic acids is 1. The van der Waals surface area contributed by atoms with E-state index >= 15 is 0 Å². The number of primary amides is 1. The molecule has 0 spiro atoms. The summed E-state index contributed by atoms with van der Waals surface area (Å²) in [6.07, 6.45) is 1.38. The number of pyridine rings is 1. The van der Waals surface area contributed by atoms with E-state index in [0.29, 0.717) is 37.4 Å². The van der Waals surface area contributed by atoms with Crippen LogP contribution in [0.1, 0.15) is 28.9 Å². The standard InChI is InChI=1S/C13H17N3O3/c1-8-6-10(13(18)19)7-11(15-8)16-4-2-9(3-5-16)12(14)17/h6-7,9H,2-5H2,1H3,(H2,14,17)(H,18,19). The van der Waals surface area contributed by atoms with E-state index in [1.54, 1.807) is 19.1 Å². The highest BCUT2D eigenvalue weighted by atomic mass is 16.4. The van der Waals surface area contributed by atoms with Crippen LogP contribution in [0.5, 0.6) is 0 Å². The summed E-state index contributed by atoms with van der Waals surface area (Å²) in [5.74, 6) is -0.651. The second-order valence-electron chi connectivity index (χ2n) is 4.82. The highest BCUT2D eigenvalue weighted by Crippen LogP contribution is 2.23. The van der Waals surface area contributed by atoms with Crippen LogP contribution in [0.2, 0.25) is 0 Å². The molecule has 102 valence electrons. The second-order valence-corrected chi connectivity index (χ2v) is 4.82. The number of aromatic carboxylic acids is 1. The zero-order valence-electron chi connectivity index (χ0n) is 10.8. The number of anilines is 1. The number of aryl methyl sites for hydroxylation is 1. The molecule has 1 amide bonds. The lowest BCUT2D eigenvalue weighted by Crippen LogP contribution is -2.39. The minimum atomic E-state index is -0.959. The summed E-state index contributed by atoms with van der Waals surface area (Å²) in [5.41, 5.74) is 6.20. The molecule has 1 aliphatic rings. The molecule has 0 atom stereocenters. The first-order valence-corrected chi connectivity index (χ1v) is 6.23. The van der Waals surface area contributed by atoms with E-state index in [1.165, 1.54) is 0 Å². The maximum atomic E-state index is 11.1. The SMILES string of the molecule is Cc1cc(C(=O)O)cc(N2CCC(C(N)=O)CC2)n1. The fourth-order valence-electron chi connectivity index (χ4n) is 2.33. The molecule has 1 aromatic heterocycles. The van der Waals surface area contributed by atoms with Gasteiger partial charge in [0.1, 0.15) is 5.82 Å². The Kier molecular flexibility index (Phi) is 3.69. The van der Waals surface area contributed by atoms with Crippen LogP contribution in [-0.4, -0.2) is 35.1 Å². The van der Waals surface area contributed by atoms with Gasteiger partial charge in [-0.05, 0) is 31.9 Å². The van der Waals surface area contributed by atoms with Gasteiger partial charge in [0, 0.05) is 24.7 Å². The molecule has 0 aliphatic carbocycles. The summed E-state index contributed by atoms with van der Waals surface area (Å²) in [4.78, 5) is 28.5. The first kappa shape index (κ1) is 13.3. The predicted molar refractivity (Wildman–Crippen MR) is 70.1 cm³/mol. The summed E-state index contributed by atoms with van der Waals surface area (Å²) >= 11 is 0. The quantitative estimate of drug-likeness (QED) is 0.840. The molecule has 2 rings (SSSR count). The van der Waals surface area contributed by atoms with Gasteiger partial charge >= 0.3 is 5.97 Å². The van der Waals surface area contributed by atoms with Gasteiger partial charge in [-0.2, -0.15) is 0 Å². The molecule has 1 aliphatic heterocycles. The molecule has 2 heterocycles. The molecule has 0 radical (unpaired) electrons. The lowest BCUT2D eigenvalue weighted by atomic mass is 9.96. The topological polar surface area (TPSA) is 96.5 Å². The van der Waals surface area contributed by atoms with Crippen molar-refractivity contribution >= 4 is 17.7 Å². The Bertz CT molecular complexity index is 508. The zero-order valence-corrected chi connectivity index (χ0v) is 10.8. The lowest BCUT2D eigenvalue weighted by Gasteiger charge is -2.31. The predicted octanol–water partition coefficient (Wildman–Crippen LogP) is 0.790. The largest absolute Gasteiger partial charge is 0.478 e. The van der Waals surface area contributed by atoms with Crippen molar-refractivity contribution in [3.05, 3.63) is 23.4 Å². The van der Waals surface area contributed by atoms with Gasteiger partial charge < -0.3 is 15.7 Å². The summed E-state index contributed by atoms with van der Waals surface area (Å²) in [6, 6.07) is 3.11. The molecule has 6 heteroatoms. The Labute approximate surface area is 111 Å². The number of nitrogens with two attached hydrogens (primary N) is 1. The van der Waals surface area contributed by atoms with Crippen molar-refractivity contribution < 1.29 is 14.7 Å². The maximum absolute atomic E-state index is 11.1. The van der Waals surface area contributed by atoms with E-state index < -0.39 is 5.97 Å². The third-order valence-electron chi connectivity index (χ3n) is 3.41. The monoisotopic (exact) mass is 263 g/mol. The van der Waals surface area contributed by atoms with Gasteiger partial charge in [0.15, 0.2) is 0 Å². The van der Waals surface area contributed by atoms with Crippen molar-refractivity contribution in [1.29, 1.82) is 0 Å². The van der Waals surface area contributed by atoms with Crippen molar-refractivity contribution in [1.82, 2.24) is 4.98 Å².